The summed E-state index contributed by atoms with van der Waals surface area (Å²) in [4.78, 5) is 20.5. The molecule has 0 saturated carbocycles. The predicted octanol–water partition coefficient (Wildman–Crippen LogP) is 1.34. The Morgan fingerprint density at radius 1 is 1.45 bits per heavy atom. The van der Waals surface area contributed by atoms with Crippen LogP contribution in [0.2, 0.25) is 0 Å². The molecule has 0 amide bonds. The maximum Gasteiger partial charge on any atom is 0.307 e. The first-order chi connectivity index (χ1) is 9.15. The minimum absolute atomic E-state index is 0. The Bertz CT molecular complexity index is 437. The van der Waals surface area contributed by atoms with E-state index in [0.717, 1.165) is 18.0 Å². The second-order valence-electron chi connectivity index (χ2n) is 3.87. The van der Waals surface area contributed by atoms with E-state index in [1.807, 2.05) is 13.1 Å². The lowest BCUT2D eigenvalue weighted by Gasteiger charge is -2.10. The fraction of sp³-hybridized carbons (Fsp3) is 0.583. The molecule has 1 heterocycles. The number of halogens is 1. The van der Waals surface area contributed by atoms with Gasteiger partial charge in [0.1, 0.15) is 0 Å². The number of carbonyl (C=O) groups is 1. The van der Waals surface area contributed by atoms with Gasteiger partial charge >= 0.3 is 5.97 Å². The van der Waals surface area contributed by atoms with Crippen molar-refractivity contribution in [2.24, 2.45) is 4.99 Å². The fourth-order valence-corrected chi connectivity index (χ4v) is 2.20. The van der Waals surface area contributed by atoms with Crippen LogP contribution < -0.4 is 10.6 Å². The van der Waals surface area contributed by atoms with Crippen molar-refractivity contribution in [1.82, 2.24) is 15.6 Å². The Kier molecular flexibility index (Phi) is 10.3. The van der Waals surface area contributed by atoms with E-state index < -0.39 is 0 Å². The molecule has 0 atom stereocenters. The summed E-state index contributed by atoms with van der Waals surface area (Å²) in [6.07, 6.45) is 3.06. The molecule has 1 aromatic rings. The number of aryl methyl sites for hydroxylation is 1. The highest BCUT2D eigenvalue weighted by Crippen LogP contribution is 2.10. The van der Waals surface area contributed by atoms with E-state index in [2.05, 4.69) is 25.3 Å². The molecule has 0 aliphatic carbocycles. The molecule has 8 heteroatoms. The topological polar surface area (TPSA) is 75.6 Å². The molecule has 0 aliphatic rings. The number of aromatic nitrogens is 1. The first-order valence-electron chi connectivity index (χ1n) is 6.08. The Morgan fingerprint density at radius 2 is 2.15 bits per heavy atom. The Labute approximate surface area is 140 Å². The van der Waals surface area contributed by atoms with Crippen LogP contribution in [0.4, 0.5) is 0 Å². The van der Waals surface area contributed by atoms with Gasteiger partial charge < -0.3 is 15.4 Å². The third kappa shape index (κ3) is 7.63. The number of nitrogens with zero attached hydrogens (tertiary/aromatic N) is 2. The Hall–Kier alpha value is -0.900. The number of guanidine groups is 1. The van der Waals surface area contributed by atoms with E-state index in [9.17, 15) is 4.79 Å². The highest BCUT2D eigenvalue weighted by atomic mass is 127. The van der Waals surface area contributed by atoms with Crippen molar-refractivity contribution in [3.63, 3.8) is 0 Å². The summed E-state index contributed by atoms with van der Waals surface area (Å²) >= 11 is 1.70. The Balaban J connectivity index is 0.00000361. The van der Waals surface area contributed by atoms with E-state index in [1.165, 1.54) is 12.0 Å². The molecule has 0 spiro atoms. The molecule has 0 bridgehead atoms. The fourth-order valence-electron chi connectivity index (χ4n) is 1.41. The van der Waals surface area contributed by atoms with Gasteiger partial charge in [-0.15, -0.1) is 35.3 Å². The van der Waals surface area contributed by atoms with Gasteiger partial charge in [0.2, 0.25) is 0 Å². The molecule has 0 fully saturated rings. The molecular weight excluding hydrogens is 391 g/mol. The maximum atomic E-state index is 11.0. The summed E-state index contributed by atoms with van der Waals surface area (Å²) in [5, 5.41) is 7.33. The Morgan fingerprint density at radius 3 is 2.70 bits per heavy atom. The molecule has 1 rings (SSSR count). The number of carbonyl (C=O) groups excluding carboxylic acids is 1. The van der Waals surface area contributed by atoms with Crippen LogP contribution >= 0.6 is 35.3 Å². The number of aliphatic imine (C=N–C) groups is 1. The lowest BCUT2D eigenvalue weighted by molar-refractivity contribution is -0.140. The van der Waals surface area contributed by atoms with Gasteiger partial charge in [-0.3, -0.25) is 9.79 Å². The van der Waals surface area contributed by atoms with Gasteiger partial charge in [0.15, 0.2) is 5.96 Å². The van der Waals surface area contributed by atoms with Crippen LogP contribution in [0.5, 0.6) is 0 Å². The zero-order chi connectivity index (χ0) is 14.1. The van der Waals surface area contributed by atoms with Crippen molar-refractivity contribution in [3.05, 3.63) is 16.1 Å². The lowest BCUT2D eigenvalue weighted by Crippen LogP contribution is -2.39. The normalized spacial score (nSPS) is 10.7. The minimum atomic E-state index is -0.235. The number of hydrogen-bond donors (Lipinski definition) is 2. The summed E-state index contributed by atoms with van der Waals surface area (Å²) in [5.74, 6) is 0.443. The van der Waals surface area contributed by atoms with Crippen LogP contribution in [0.3, 0.4) is 0 Å². The highest BCUT2D eigenvalue weighted by Gasteiger charge is 2.02. The van der Waals surface area contributed by atoms with Gasteiger partial charge in [-0.1, -0.05) is 0 Å². The summed E-state index contributed by atoms with van der Waals surface area (Å²) < 4.78 is 4.56. The summed E-state index contributed by atoms with van der Waals surface area (Å²) in [6.45, 7) is 3.30. The number of nitrogens with one attached hydrogen (secondary N) is 2. The van der Waals surface area contributed by atoms with Crippen LogP contribution in [0, 0.1) is 6.92 Å². The van der Waals surface area contributed by atoms with Crippen molar-refractivity contribution < 1.29 is 9.53 Å². The molecule has 20 heavy (non-hydrogen) atoms. The first kappa shape index (κ1) is 19.1. The van der Waals surface area contributed by atoms with Gasteiger partial charge in [-0.05, 0) is 6.92 Å². The SMILES string of the molecule is CN=C(NCCC(=O)OC)NCCc1ncc(C)s1.I. The van der Waals surface area contributed by atoms with Gasteiger partial charge in [0, 0.05) is 37.6 Å². The van der Waals surface area contributed by atoms with Crippen LogP contribution in [0.15, 0.2) is 11.2 Å². The largest absolute Gasteiger partial charge is 0.469 e. The number of methoxy groups -OCH3 is 1. The number of thiazole rings is 1. The molecule has 2 N–H and O–H groups in total. The zero-order valence-corrected chi connectivity index (χ0v) is 15.1. The monoisotopic (exact) mass is 412 g/mol. The molecule has 0 saturated heterocycles. The molecular formula is C12H21IN4O2S. The van der Waals surface area contributed by atoms with Crippen molar-refractivity contribution in [2.45, 2.75) is 19.8 Å². The molecule has 0 aromatic carbocycles. The molecule has 0 radical (unpaired) electrons. The van der Waals surface area contributed by atoms with Crippen molar-refractivity contribution in [3.8, 4) is 0 Å². The average molecular weight is 412 g/mol. The van der Waals surface area contributed by atoms with E-state index in [1.54, 1.807) is 18.4 Å². The maximum absolute atomic E-state index is 11.0. The number of ether oxygens (including phenoxy) is 1. The lowest BCUT2D eigenvalue weighted by atomic mass is 10.4. The van der Waals surface area contributed by atoms with Crippen LogP contribution in [-0.4, -0.2) is 44.2 Å². The van der Waals surface area contributed by atoms with Crippen LogP contribution in [0.1, 0.15) is 16.3 Å². The number of rotatable bonds is 6. The van der Waals surface area contributed by atoms with Crippen molar-refractivity contribution >= 4 is 47.2 Å². The number of esters is 1. The van der Waals surface area contributed by atoms with Crippen molar-refractivity contribution in [1.29, 1.82) is 0 Å². The van der Waals surface area contributed by atoms with E-state index in [0.29, 0.717) is 18.9 Å². The van der Waals surface area contributed by atoms with E-state index >= 15 is 0 Å². The zero-order valence-electron chi connectivity index (χ0n) is 11.9. The number of hydrogen-bond acceptors (Lipinski definition) is 5. The second-order valence-corrected chi connectivity index (χ2v) is 5.19. The molecule has 0 aliphatic heterocycles. The smallest absolute Gasteiger partial charge is 0.307 e. The minimum Gasteiger partial charge on any atom is -0.469 e. The quantitative estimate of drug-likeness (QED) is 0.319. The molecule has 1 aromatic heterocycles. The van der Waals surface area contributed by atoms with Gasteiger partial charge in [-0.25, -0.2) is 4.98 Å². The predicted molar refractivity (Wildman–Crippen MR) is 92.0 cm³/mol. The third-order valence-corrected chi connectivity index (χ3v) is 3.35. The molecule has 114 valence electrons. The van der Waals surface area contributed by atoms with E-state index in [4.69, 9.17) is 0 Å². The van der Waals surface area contributed by atoms with Crippen LogP contribution in [0.25, 0.3) is 0 Å². The third-order valence-electron chi connectivity index (χ3n) is 2.37. The summed E-state index contributed by atoms with van der Waals surface area (Å²) in [7, 11) is 3.08. The van der Waals surface area contributed by atoms with Gasteiger partial charge in [-0.2, -0.15) is 0 Å². The van der Waals surface area contributed by atoms with Crippen LogP contribution in [-0.2, 0) is 16.0 Å². The summed E-state index contributed by atoms with van der Waals surface area (Å²) in [6, 6.07) is 0. The van der Waals surface area contributed by atoms with Gasteiger partial charge in [0.05, 0.1) is 18.5 Å². The van der Waals surface area contributed by atoms with Gasteiger partial charge in [0.25, 0.3) is 0 Å². The molecule has 0 unspecified atom stereocenters. The molecule has 6 nitrogen and oxygen atoms in total. The average Bonchev–Trinajstić information content (AvgIpc) is 2.82. The first-order valence-corrected chi connectivity index (χ1v) is 6.90. The van der Waals surface area contributed by atoms with E-state index in [-0.39, 0.29) is 29.9 Å². The highest BCUT2D eigenvalue weighted by molar-refractivity contribution is 14.0. The summed E-state index contributed by atoms with van der Waals surface area (Å²) in [5.41, 5.74) is 0. The standard InChI is InChI=1S/C12H20N4O2S.HI/c1-9-8-16-10(19-9)4-6-14-12(13-2)15-7-5-11(17)18-3;/h8H,4-7H2,1-3H3,(H2,13,14,15);1H. The second kappa shape index (κ2) is 10.8. The van der Waals surface area contributed by atoms with Crippen molar-refractivity contribution in [2.75, 3.05) is 27.2 Å².